The quantitative estimate of drug-likeness (QED) is 0.778. The van der Waals surface area contributed by atoms with Gasteiger partial charge < -0.3 is 0 Å². The van der Waals surface area contributed by atoms with Gasteiger partial charge in [-0.1, -0.05) is 0 Å². The number of hydrogen-bond acceptors (Lipinski definition) is 3. The molecule has 0 aromatic heterocycles. The van der Waals surface area contributed by atoms with E-state index in [1.54, 1.807) is 12.1 Å². The molecule has 2 bridgehead atoms. The van der Waals surface area contributed by atoms with Gasteiger partial charge in [0.2, 0.25) is 0 Å². The zero-order valence-electron chi connectivity index (χ0n) is 13.2. The zero-order valence-corrected chi connectivity index (χ0v) is 17.3. The zero-order chi connectivity index (χ0) is 17.1. The van der Waals surface area contributed by atoms with Gasteiger partial charge in [-0.2, -0.15) is 0 Å². The van der Waals surface area contributed by atoms with Crippen LogP contribution >= 0.6 is 11.8 Å². The number of benzene rings is 2. The molecule has 6 rings (SSSR count). The van der Waals surface area contributed by atoms with Crippen LogP contribution in [0, 0.1) is 5.82 Å². The molecule has 2 atom stereocenters. The number of amides is 2. The molecule has 4 aliphatic rings. The molecule has 4 aliphatic heterocycles. The van der Waals surface area contributed by atoms with E-state index in [0.717, 1.165) is 23.7 Å². The Hall–Kier alpha value is -1.53. The molecule has 1 N–H and O–H groups in total. The molecule has 0 radical (unpaired) electrons. The molecule has 2 aromatic carbocycles. The van der Waals surface area contributed by atoms with Gasteiger partial charge in [-0.3, -0.25) is 0 Å². The standard InChI is InChI=1S/C19H13FNO2S.In/c20-16-8-4-5-13(11-16)9-10-15(14-6-2-1-3-7-14)12-17-18(22)21-19(23)24-17;/h1-6,8,11-12,17H,9H2,(H,21,22,23);. The van der Waals surface area contributed by atoms with E-state index in [1.807, 2.05) is 12.1 Å². The average molecular weight is 453 g/mol. The molecule has 4 heterocycles. The van der Waals surface area contributed by atoms with Crippen molar-refractivity contribution in [3.8, 4) is 0 Å². The van der Waals surface area contributed by atoms with Crippen molar-refractivity contribution in [1.82, 2.24) is 5.32 Å². The third-order valence-corrected chi connectivity index (χ3v) is 18.3. The first kappa shape index (κ1) is 15.7. The molecule has 1 saturated heterocycles. The second-order valence-corrected chi connectivity index (χ2v) is 16.3. The number of hydrogen-bond donors (Lipinski definition) is 1. The van der Waals surface area contributed by atoms with Crippen molar-refractivity contribution < 1.29 is 14.0 Å². The first-order valence-electron chi connectivity index (χ1n) is 8.21. The molecule has 25 heavy (non-hydrogen) atoms. The first-order valence-corrected chi connectivity index (χ1v) is 14.3. The SMILES string of the molecule is O=C1NC(=O)C([CH]2C3=[C](Cc4cccc(F)c4)[In]2[c]2ccccc23)S1. The summed E-state index contributed by atoms with van der Waals surface area (Å²) in [6.07, 6.45) is 0.770. The van der Waals surface area contributed by atoms with Gasteiger partial charge in [0.05, 0.1) is 0 Å². The summed E-state index contributed by atoms with van der Waals surface area (Å²) in [4.78, 5) is 23.8. The van der Waals surface area contributed by atoms with Crippen LogP contribution in [0.1, 0.15) is 11.1 Å². The number of allylic oxidation sites excluding steroid dienone is 2. The van der Waals surface area contributed by atoms with Crippen LogP contribution < -0.4 is 8.64 Å². The van der Waals surface area contributed by atoms with E-state index in [-0.39, 0.29) is 25.9 Å². The number of nitrogens with one attached hydrogen (secondary N) is 1. The molecule has 2 amide bonds. The molecule has 0 saturated carbocycles. The summed E-state index contributed by atoms with van der Waals surface area (Å²) in [6, 6.07) is 15.2. The predicted octanol–water partition coefficient (Wildman–Crippen LogP) is 2.81. The Labute approximate surface area is 156 Å². The Morgan fingerprint density at radius 3 is 2.68 bits per heavy atom. The molecule has 0 spiro atoms. The summed E-state index contributed by atoms with van der Waals surface area (Å²) in [5.41, 5.74) is 3.52. The van der Waals surface area contributed by atoms with E-state index in [4.69, 9.17) is 0 Å². The van der Waals surface area contributed by atoms with Crippen molar-refractivity contribution in [1.29, 1.82) is 0 Å². The minimum absolute atomic E-state index is 0.142. The number of halogens is 1. The first-order chi connectivity index (χ1) is 12.1. The van der Waals surface area contributed by atoms with E-state index in [9.17, 15) is 14.0 Å². The normalized spacial score (nSPS) is 23.6. The number of thioether (sulfide) groups is 1. The number of carbonyl (C=O) groups excluding carboxylic acids is 2. The van der Waals surface area contributed by atoms with Crippen LogP contribution in [0.15, 0.2) is 51.9 Å². The van der Waals surface area contributed by atoms with Crippen molar-refractivity contribution in [2.45, 2.75) is 15.3 Å². The molecular weight excluding hydrogens is 440 g/mol. The van der Waals surface area contributed by atoms with Crippen LogP contribution in [0.5, 0.6) is 0 Å². The summed E-state index contributed by atoms with van der Waals surface area (Å²) < 4.78 is 16.7. The van der Waals surface area contributed by atoms with Crippen LogP contribution in [-0.2, 0) is 11.2 Å². The topological polar surface area (TPSA) is 46.2 Å². The summed E-state index contributed by atoms with van der Waals surface area (Å²) >= 11 is -1.22. The van der Waals surface area contributed by atoms with Crippen molar-refractivity contribution in [3.05, 3.63) is 68.8 Å². The fourth-order valence-corrected chi connectivity index (χ4v) is 19.0. The number of carbonyl (C=O) groups is 2. The Kier molecular flexibility index (Phi) is 3.61. The summed E-state index contributed by atoms with van der Waals surface area (Å²) in [7, 11) is 0. The third kappa shape index (κ3) is 2.34. The number of rotatable bonds is 3. The van der Waals surface area contributed by atoms with Gasteiger partial charge in [0.15, 0.2) is 0 Å². The van der Waals surface area contributed by atoms with Crippen LogP contribution in [0.3, 0.4) is 0 Å². The van der Waals surface area contributed by atoms with Crippen LogP contribution in [0.25, 0.3) is 5.57 Å². The van der Waals surface area contributed by atoms with Gasteiger partial charge in [-0.25, -0.2) is 0 Å². The van der Waals surface area contributed by atoms with Crippen molar-refractivity contribution in [3.63, 3.8) is 0 Å². The van der Waals surface area contributed by atoms with Gasteiger partial charge >= 0.3 is 157 Å². The van der Waals surface area contributed by atoms with Gasteiger partial charge in [0, 0.05) is 0 Å². The van der Waals surface area contributed by atoms with E-state index in [1.165, 1.54) is 23.9 Å². The van der Waals surface area contributed by atoms with E-state index in [0.29, 0.717) is 0 Å². The maximum atomic E-state index is 13.5. The van der Waals surface area contributed by atoms with Gasteiger partial charge in [0.1, 0.15) is 0 Å². The van der Waals surface area contributed by atoms with E-state index >= 15 is 0 Å². The Morgan fingerprint density at radius 1 is 1.12 bits per heavy atom. The van der Waals surface area contributed by atoms with Gasteiger partial charge in [-0.15, -0.1) is 0 Å². The summed E-state index contributed by atoms with van der Waals surface area (Å²) in [5.74, 6) is -0.354. The fourth-order valence-electron chi connectivity index (χ4n) is 4.42. The van der Waals surface area contributed by atoms with Crippen molar-refractivity contribution in [2.24, 2.45) is 0 Å². The molecule has 2 unspecified atom stereocenters. The fraction of sp³-hybridized carbons (Fsp3) is 0.158. The second kappa shape index (κ2) is 5.74. The maximum absolute atomic E-state index is 13.5. The number of imide groups is 1. The predicted molar refractivity (Wildman–Crippen MR) is 97.5 cm³/mol. The molecule has 1 fully saturated rings. The molecule has 122 valence electrons. The molecule has 3 nitrogen and oxygen atoms in total. The van der Waals surface area contributed by atoms with E-state index in [2.05, 4.69) is 23.5 Å². The third-order valence-electron chi connectivity index (χ3n) is 5.33. The van der Waals surface area contributed by atoms with Crippen LogP contribution in [0.2, 0.25) is 3.67 Å². The van der Waals surface area contributed by atoms with Gasteiger partial charge in [-0.05, 0) is 0 Å². The minimum atomic E-state index is -2.36. The van der Waals surface area contributed by atoms with Crippen molar-refractivity contribution >= 4 is 53.2 Å². The van der Waals surface area contributed by atoms with Crippen LogP contribution in [0.4, 0.5) is 9.18 Å². The molecule has 0 aliphatic carbocycles. The Morgan fingerprint density at radius 2 is 1.96 bits per heavy atom. The molecule has 6 heteroatoms. The summed E-state index contributed by atoms with van der Waals surface area (Å²) in [6.45, 7) is 0. The van der Waals surface area contributed by atoms with Gasteiger partial charge in [0.25, 0.3) is 0 Å². The second-order valence-electron chi connectivity index (χ2n) is 6.65. The molecule has 2 aromatic rings. The Bertz CT molecular complexity index is 973. The summed E-state index contributed by atoms with van der Waals surface area (Å²) in [5, 5.41) is 1.93. The average Bonchev–Trinajstić information content (AvgIpc) is 3.19. The van der Waals surface area contributed by atoms with Crippen LogP contribution in [-0.4, -0.2) is 37.8 Å². The molecular formula is C19H13FInNO2S. The monoisotopic (exact) mass is 453 g/mol. The van der Waals surface area contributed by atoms with E-state index < -0.39 is 21.4 Å². The van der Waals surface area contributed by atoms with Crippen molar-refractivity contribution in [2.75, 3.05) is 0 Å². The Balaban J connectivity index is 1.55.